The fourth-order valence-corrected chi connectivity index (χ4v) is 3.33. The lowest BCUT2D eigenvalue weighted by Gasteiger charge is -2.18. The normalized spacial score (nSPS) is 17.4. The van der Waals surface area contributed by atoms with Gasteiger partial charge in [0.2, 0.25) is 5.91 Å². The van der Waals surface area contributed by atoms with Crippen molar-refractivity contribution in [3.05, 3.63) is 53.9 Å². The highest BCUT2D eigenvalue weighted by Crippen LogP contribution is 2.17. The first kappa shape index (κ1) is 18.9. The van der Waals surface area contributed by atoms with Gasteiger partial charge in [0.1, 0.15) is 0 Å². The summed E-state index contributed by atoms with van der Waals surface area (Å²) in [5.74, 6) is 1.30. The molecule has 1 amide bonds. The number of benzene rings is 1. The average molecular weight is 368 g/mol. The summed E-state index contributed by atoms with van der Waals surface area (Å²) in [4.78, 5) is 18.5. The minimum Gasteiger partial charge on any atom is -0.356 e. The summed E-state index contributed by atoms with van der Waals surface area (Å²) in [5, 5.41) is 10.8. The molecule has 1 fully saturated rings. The lowest BCUT2D eigenvalue weighted by atomic mass is 10.1. The maximum Gasteiger partial charge on any atom is 0.223 e. The van der Waals surface area contributed by atoms with Gasteiger partial charge >= 0.3 is 0 Å². The Balaban J connectivity index is 1.40. The zero-order chi connectivity index (χ0) is 19.1. The highest BCUT2D eigenvalue weighted by atomic mass is 16.2. The van der Waals surface area contributed by atoms with E-state index in [-0.39, 0.29) is 5.91 Å². The van der Waals surface area contributed by atoms with Gasteiger partial charge in [-0.2, -0.15) is 5.10 Å². The lowest BCUT2D eigenvalue weighted by Crippen LogP contribution is -2.40. The Labute approximate surface area is 160 Å². The molecule has 1 aliphatic rings. The molecule has 2 N–H and O–H groups in total. The number of carbonyl (C=O) groups is 1. The van der Waals surface area contributed by atoms with Gasteiger partial charge in [-0.15, -0.1) is 0 Å². The van der Waals surface area contributed by atoms with Crippen LogP contribution in [0.2, 0.25) is 0 Å². The Bertz CT molecular complexity index is 770. The highest BCUT2D eigenvalue weighted by molar-refractivity contribution is 5.80. The van der Waals surface area contributed by atoms with E-state index in [2.05, 4.69) is 32.9 Å². The smallest absolute Gasteiger partial charge is 0.223 e. The third-order valence-electron chi connectivity index (χ3n) is 4.81. The zero-order valence-corrected chi connectivity index (χ0v) is 16.1. The van der Waals surface area contributed by atoms with Gasteiger partial charge in [0.25, 0.3) is 0 Å². The van der Waals surface area contributed by atoms with Crippen LogP contribution in [0.1, 0.15) is 17.5 Å². The van der Waals surface area contributed by atoms with Crippen molar-refractivity contribution in [1.82, 2.24) is 25.3 Å². The molecule has 7 nitrogen and oxygen atoms in total. The quantitative estimate of drug-likeness (QED) is 0.568. The molecule has 1 atom stereocenters. The van der Waals surface area contributed by atoms with Crippen molar-refractivity contribution in [2.24, 2.45) is 18.0 Å². The average Bonchev–Trinajstić information content (AvgIpc) is 3.26. The minimum absolute atomic E-state index is 0.246. The van der Waals surface area contributed by atoms with E-state index in [1.165, 1.54) is 5.56 Å². The fourth-order valence-electron chi connectivity index (χ4n) is 3.33. The van der Waals surface area contributed by atoms with Crippen molar-refractivity contribution in [1.29, 1.82) is 0 Å². The van der Waals surface area contributed by atoms with Crippen LogP contribution in [0.3, 0.4) is 0 Å². The summed E-state index contributed by atoms with van der Waals surface area (Å²) in [5.41, 5.74) is 2.37. The molecule has 1 saturated heterocycles. The van der Waals surface area contributed by atoms with Gasteiger partial charge in [-0.25, -0.2) is 0 Å². The number of hydrogen-bond donors (Lipinski definition) is 2. The third-order valence-corrected chi connectivity index (χ3v) is 4.81. The summed E-state index contributed by atoms with van der Waals surface area (Å²) in [6.07, 6.45) is 5.31. The molecule has 0 spiro atoms. The van der Waals surface area contributed by atoms with E-state index in [4.69, 9.17) is 0 Å². The molecular formula is C20H28N6O. The lowest BCUT2D eigenvalue weighted by molar-refractivity contribution is -0.127. The maximum absolute atomic E-state index is 12.3. The predicted octanol–water partition coefficient (Wildman–Crippen LogP) is 1.18. The first-order valence-corrected chi connectivity index (χ1v) is 9.38. The third kappa shape index (κ3) is 5.57. The van der Waals surface area contributed by atoms with Crippen LogP contribution in [-0.2, 0) is 24.8 Å². The van der Waals surface area contributed by atoms with E-state index < -0.39 is 0 Å². The molecule has 2 aromatic rings. The van der Waals surface area contributed by atoms with E-state index in [1.807, 2.05) is 42.5 Å². The second kappa shape index (κ2) is 9.21. The molecule has 2 heterocycles. The molecular weight excluding hydrogens is 340 g/mol. The van der Waals surface area contributed by atoms with Crippen LogP contribution < -0.4 is 10.6 Å². The molecule has 0 saturated carbocycles. The van der Waals surface area contributed by atoms with Gasteiger partial charge in [-0.05, 0) is 12.0 Å². The number of likely N-dealkylation sites (tertiary alicyclic amines) is 1. The van der Waals surface area contributed by atoms with Crippen LogP contribution >= 0.6 is 0 Å². The number of carbonyl (C=O) groups excluding carboxylic acids is 1. The summed E-state index contributed by atoms with van der Waals surface area (Å²) in [6.45, 7) is 2.99. The molecule has 144 valence electrons. The number of aromatic nitrogens is 2. The van der Waals surface area contributed by atoms with E-state index in [1.54, 1.807) is 11.7 Å². The molecule has 1 aromatic carbocycles. The first-order valence-electron chi connectivity index (χ1n) is 9.38. The van der Waals surface area contributed by atoms with Crippen molar-refractivity contribution >= 4 is 11.9 Å². The number of nitrogens with zero attached hydrogens (tertiary/aromatic N) is 4. The summed E-state index contributed by atoms with van der Waals surface area (Å²) in [6, 6.07) is 10.3. The van der Waals surface area contributed by atoms with Crippen LogP contribution in [0.25, 0.3) is 0 Å². The zero-order valence-electron chi connectivity index (χ0n) is 16.1. The maximum atomic E-state index is 12.3. The topological polar surface area (TPSA) is 74.5 Å². The molecule has 0 bridgehead atoms. The van der Waals surface area contributed by atoms with Crippen LogP contribution in [0.15, 0.2) is 47.7 Å². The summed E-state index contributed by atoms with van der Waals surface area (Å²) in [7, 11) is 3.65. The number of aryl methyl sites for hydroxylation is 1. The summed E-state index contributed by atoms with van der Waals surface area (Å²) < 4.78 is 1.78. The Kier molecular flexibility index (Phi) is 6.46. The van der Waals surface area contributed by atoms with Gasteiger partial charge < -0.3 is 15.5 Å². The van der Waals surface area contributed by atoms with E-state index in [0.717, 1.165) is 37.6 Å². The summed E-state index contributed by atoms with van der Waals surface area (Å²) >= 11 is 0. The van der Waals surface area contributed by atoms with Gasteiger partial charge in [-0.1, -0.05) is 30.3 Å². The van der Waals surface area contributed by atoms with Crippen LogP contribution in [0.4, 0.5) is 0 Å². The molecule has 1 aliphatic heterocycles. The first-order chi connectivity index (χ1) is 13.1. The molecule has 0 radical (unpaired) electrons. The molecule has 1 unspecified atom stereocenters. The van der Waals surface area contributed by atoms with Crippen molar-refractivity contribution < 1.29 is 4.79 Å². The Morgan fingerprint density at radius 3 is 2.78 bits per heavy atom. The van der Waals surface area contributed by atoms with Gasteiger partial charge in [0.05, 0.1) is 6.20 Å². The molecule has 27 heavy (non-hydrogen) atoms. The Morgan fingerprint density at radius 1 is 1.26 bits per heavy atom. The standard InChI is InChI=1S/C20H28N6O/c1-21-20(23-12-18-13-24-25(2)14-18)22-11-17-10-19(27)26(15-17)9-8-16-6-4-3-5-7-16/h3-7,13-14,17H,8-12,15H2,1-2H3,(H2,21,22,23). The van der Waals surface area contributed by atoms with Crippen LogP contribution in [0.5, 0.6) is 0 Å². The number of guanidine groups is 1. The van der Waals surface area contributed by atoms with E-state index in [9.17, 15) is 4.79 Å². The van der Waals surface area contributed by atoms with Crippen molar-refractivity contribution in [3.63, 3.8) is 0 Å². The SMILES string of the molecule is CN=C(NCc1cnn(C)c1)NCC1CC(=O)N(CCc2ccccc2)C1. The minimum atomic E-state index is 0.246. The van der Waals surface area contributed by atoms with Gasteiger partial charge in [-0.3, -0.25) is 14.5 Å². The monoisotopic (exact) mass is 368 g/mol. The second-order valence-electron chi connectivity index (χ2n) is 6.97. The Hall–Kier alpha value is -2.83. The van der Waals surface area contributed by atoms with Crippen molar-refractivity contribution in [2.45, 2.75) is 19.4 Å². The molecule has 3 rings (SSSR count). The van der Waals surface area contributed by atoms with Crippen LogP contribution in [0, 0.1) is 5.92 Å². The number of aliphatic imine (C=N–C) groups is 1. The molecule has 1 aromatic heterocycles. The number of rotatable bonds is 7. The van der Waals surface area contributed by atoms with E-state index >= 15 is 0 Å². The largest absolute Gasteiger partial charge is 0.356 e. The van der Waals surface area contributed by atoms with Crippen molar-refractivity contribution in [2.75, 3.05) is 26.7 Å². The fraction of sp³-hybridized carbons (Fsp3) is 0.450. The van der Waals surface area contributed by atoms with Crippen LogP contribution in [-0.4, -0.2) is 53.2 Å². The van der Waals surface area contributed by atoms with Gasteiger partial charge in [0.15, 0.2) is 5.96 Å². The number of hydrogen-bond acceptors (Lipinski definition) is 3. The number of amides is 1. The number of nitrogens with one attached hydrogen (secondary N) is 2. The van der Waals surface area contributed by atoms with Gasteiger partial charge in [0, 0.05) is 64.4 Å². The predicted molar refractivity (Wildman–Crippen MR) is 106 cm³/mol. The molecule has 7 heteroatoms. The van der Waals surface area contributed by atoms with Crippen molar-refractivity contribution in [3.8, 4) is 0 Å². The Morgan fingerprint density at radius 2 is 2.07 bits per heavy atom. The second-order valence-corrected chi connectivity index (χ2v) is 6.97. The van der Waals surface area contributed by atoms with E-state index in [0.29, 0.717) is 18.9 Å². The molecule has 0 aliphatic carbocycles. The highest BCUT2D eigenvalue weighted by Gasteiger charge is 2.29.